The van der Waals surface area contributed by atoms with Crippen molar-refractivity contribution in [2.24, 2.45) is 0 Å². The first-order valence-corrected chi connectivity index (χ1v) is 20.5. The van der Waals surface area contributed by atoms with Crippen LogP contribution in [0.1, 0.15) is 33.6 Å². The lowest BCUT2D eigenvalue weighted by atomic mass is 9.94. The Bertz CT molecular complexity index is 2990. The van der Waals surface area contributed by atoms with E-state index in [4.69, 9.17) is 54.0 Å². The highest BCUT2D eigenvalue weighted by Crippen LogP contribution is 2.40. The van der Waals surface area contributed by atoms with Gasteiger partial charge in [0.1, 0.15) is 34.9 Å². The predicted molar refractivity (Wildman–Crippen MR) is 239 cm³/mol. The van der Waals surface area contributed by atoms with Crippen molar-refractivity contribution in [2.75, 3.05) is 17.6 Å². The first-order chi connectivity index (χ1) is 28.9. The fraction of sp³-hybridized carbons (Fsp3) is 0.149. The van der Waals surface area contributed by atoms with Crippen LogP contribution in [0, 0.1) is 27.7 Å². The van der Waals surface area contributed by atoms with Crippen molar-refractivity contribution in [3.63, 3.8) is 0 Å². The number of ether oxygens (including phenoxy) is 3. The first-order valence-electron chi connectivity index (χ1n) is 18.9. The van der Waals surface area contributed by atoms with Gasteiger partial charge >= 0.3 is 17.9 Å². The lowest BCUT2D eigenvalue weighted by Crippen LogP contribution is -2.09. The van der Waals surface area contributed by atoms with Gasteiger partial charge < -0.3 is 29.2 Å². The van der Waals surface area contributed by atoms with E-state index >= 15 is 0 Å². The van der Waals surface area contributed by atoms with Crippen LogP contribution >= 0.6 is 34.8 Å². The van der Waals surface area contributed by atoms with Gasteiger partial charge in [0.2, 0.25) is 0 Å². The number of alkyl halides is 3. The van der Waals surface area contributed by atoms with Gasteiger partial charge in [-0.05, 0) is 152 Å². The number of carbonyl (C=O) groups excluding carboxylic acids is 3. The molecule has 3 N–H and O–H groups in total. The Labute approximate surface area is 359 Å². The molecule has 8 rings (SSSR count). The van der Waals surface area contributed by atoms with Crippen LogP contribution in [0.15, 0.2) is 84.9 Å². The molecule has 302 valence electrons. The van der Waals surface area contributed by atoms with E-state index < -0.39 is 17.9 Å². The molecule has 0 aliphatic carbocycles. The third-order valence-corrected chi connectivity index (χ3v) is 10.9. The monoisotopic (exact) mass is 858 g/mol. The Morgan fingerprint density at radius 2 is 0.817 bits per heavy atom. The minimum Gasteiger partial charge on any atom is -0.426 e. The fourth-order valence-corrected chi connectivity index (χ4v) is 8.07. The largest absolute Gasteiger partial charge is 0.426 e. The van der Waals surface area contributed by atoms with Crippen LogP contribution < -0.4 is 14.2 Å². The number of carbonyl (C=O) groups is 3. The van der Waals surface area contributed by atoms with E-state index in [2.05, 4.69) is 15.0 Å². The summed E-state index contributed by atoms with van der Waals surface area (Å²) in [7, 11) is 0. The highest BCUT2D eigenvalue weighted by atomic mass is 35.5. The number of esters is 3. The van der Waals surface area contributed by atoms with Gasteiger partial charge in [-0.1, -0.05) is 12.1 Å². The number of nitrogens with zero attached hydrogens (tertiary/aromatic N) is 1. The maximum absolute atomic E-state index is 12.1. The summed E-state index contributed by atoms with van der Waals surface area (Å²) in [4.78, 5) is 52.6. The number of H-pyrrole nitrogens is 3. The number of nitrogens with one attached hydrogen (secondary N) is 3. The van der Waals surface area contributed by atoms with Gasteiger partial charge in [-0.15, -0.1) is 34.8 Å². The van der Waals surface area contributed by atoms with Crippen LogP contribution in [0.2, 0.25) is 0 Å². The van der Waals surface area contributed by atoms with Gasteiger partial charge in [0.15, 0.2) is 0 Å². The minimum absolute atomic E-state index is 0.259. The lowest BCUT2D eigenvalue weighted by Gasteiger charge is -2.14. The van der Waals surface area contributed by atoms with Crippen LogP contribution in [-0.4, -0.2) is 55.5 Å². The number of aromatic amines is 3. The third kappa shape index (κ3) is 7.89. The number of aryl methyl sites for hydroxylation is 4. The molecule has 7 aromatic rings. The molecule has 5 heterocycles. The van der Waals surface area contributed by atoms with Crippen molar-refractivity contribution in [1.29, 1.82) is 0 Å². The molecule has 0 atom stereocenters. The summed E-state index contributed by atoms with van der Waals surface area (Å²) in [5.74, 6) is -1.24. The van der Waals surface area contributed by atoms with E-state index in [1.807, 2.05) is 113 Å². The van der Waals surface area contributed by atoms with Gasteiger partial charge in [-0.3, -0.25) is 14.4 Å². The average Bonchev–Trinajstić information content (AvgIpc) is 4.07. The Morgan fingerprint density at radius 3 is 1.28 bits per heavy atom. The SMILES string of the molecule is Cc1cc(OC(=O)CCl)cc(C)c1-c1c2nc(c3ccc([nH]3)c(-c3c(C)cc(OC(=O)CCl)cc3C)c3ccc([nH]3)c(-c3ccc(OC(=O)CCl)cc3)c3ccc1[nH]3)C=C2. The Balaban J connectivity index is 1.46. The number of hydrogen-bond donors (Lipinski definition) is 3. The number of halogens is 3. The van der Waals surface area contributed by atoms with Gasteiger partial charge in [-0.25, -0.2) is 4.98 Å². The zero-order valence-electron chi connectivity index (χ0n) is 32.9. The van der Waals surface area contributed by atoms with Crippen molar-refractivity contribution in [1.82, 2.24) is 19.9 Å². The summed E-state index contributed by atoms with van der Waals surface area (Å²) in [6, 6.07) is 26.8. The molecule has 0 saturated heterocycles. The summed E-state index contributed by atoms with van der Waals surface area (Å²) in [6.45, 7) is 7.91. The number of aromatic nitrogens is 4. The molecule has 0 saturated carbocycles. The molecular formula is C47H37Cl3N4O6. The fourth-order valence-electron chi connectivity index (χ4n) is 7.91. The molecule has 0 fully saturated rings. The van der Waals surface area contributed by atoms with Crippen molar-refractivity contribution in [3.8, 4) is 50.6 Å². The van der Waals surface area contributed by atoms with E-state index in [-0.39, 0.29) is 17.6 Å². The maximum Gasteiger partial charge on any atom is 0.326 e. The average molecular weight is 860 g/mol. The Morgan fingerprint density at radius 1 is 0.450 bits per heavy atom. The van der Waals surface area contributed by atoms with Gasteiger partial charge in [0, 0.05) is 44.3 Å². The quantitative estimate of drug-likeness (QED) is 0.0746. The number of hydrogen-bond acceptors (Lipinski definition) is 7. The van der Waals surface area contributed by atoms with E-state index in [1.165, 1.54) is 0 Å². The molecule has 10 nitrogen and oxygen atoms in total. The standard InChI is InChI=1S/C47H37Cl3N4O6/c1-24-17-30(59-41(56)22-49)18-25(2)43(24)46-36-11-9-32(51-36)33-10-12-37(52-33)47(44-26(3)19-31(20-27(44)4)60-42(57)23-50)39-16-14-35(54-39)45(34-13-15-38(46)53-34)28-5-7-29(8-6-28)58-40(55)21-48/h5-20,51,53-54H,21-23H2,1-4H3. The molecule has 13 heteroatoms. The van der Waals surface area contributed by atoms with Gasteiger partial charge in [0.05, 0.1) is 16.9 Å². The van der Waals surface area contributed by atoms with E-state index in [9.17, 15) is 14.4 Å². The van der Waals surface area contributed by atoms with E-state index in [1.54, 1.807) is 12.1 Å². The molecular weight excluding hydrogens is 823 g/mol. The summed E-state index contributed by atoms with van der Waals surface area (Å²) < 4.78 is 16.4. The third-order valence-electron chi connectivity index (χ3n) is 10.3. The smallest absolute Gasteiger partial charge is 0.326 e. The zero-order chi connectivity index (χ0) is 42.2. The van der Waals surface area contributed by atoms with Crippen LogP contribution in [0.3, 0.4) is 0 Å². The summed E-state index contributed by atoms with van der Waals surface area (Å²) >= 11 is 17.2. The summed E-state index contributed by atoms with van der Waals surface area (Å²) in [5.41, 5.74) is 15.1. The number of rotatable bonds is 9. The number of fused-ring (bicyclic) bond motifs is 9. The number of benzene rings is 3. The zero-order valence-corrected chi connectivity index (χ0v) is 35.2. The van der Waals surface area contributed by atoms with Crippen molar-refractivity contribution in [3.05, 3.63) is 119 Å². The normalized spacial score (nSPS) is 11.6. The van der Waals surface area contributed by atoms with E-state index in [0.717, 1.165) is 100 Å². The Kier molecular flexibility index (Phi) is 11.3. The summed E-state index contributed by atoms with van der Waals surface area (Å²) in [6.07, 6.45) is 3.99. The van der Waals surface area contributed by atoms with Crippen molar-refractivity contribution >= 4 is 98.0 Å². The van der Waals surface area contributed by atoms with Gasteiger partial charge in [0.25, 0.3) is 0 Å². The highest BCUT2D eigenvalue weighted by molar-refractivity contribution is 6.27. The molecule has 60 heavy (non-hydrogen) atoms. The Hall–Kier alpha value is -6.33. The van der Waals surface area contributed by atoms with Crippen LogP contribution in [0.5, 0.6) is 17.2 Å². The molecule has 0 spiro atoms. The topological polar surface area (TPSA) is 139 Å². The van der Waals surface area contributed by atoms with Crippen molar-refractivity contribution in [2.45, 2.75) is 27.7 Å². The summed E-state index contributed by atoms with van der Waals surface area (Å²) in [5, 5.41) is 0. The molecule has 4 aromatic heterocycles. The van der Waals surface area contributed by atoms with Crippen LogP contribution in [0.25, 0.3) is 78.6 Å². The van der Waals surface area contributed by atoms with E-state index in [0.29, 0.717) is 17.2 Å². The molecule has 0 unspecified atom stereocenters. The second-order valence-electron chi connectivity index (χ2n) is 14.4. The molecule has 0 radical (unpaired) electrons. The van der Waals surface area contributed by atoms with Crippen LogP contribution in [0.4, 0.5) is 0 Å². The van der Waals surface area contributed by atoms with Crippen molar-refractivity contribution < 1.29 is 28.6 Å². The molecule has 1 aliphatic heterocycles. The highest BCUT2D eigenvalue weighted by Gasteiger charge is 2.20. The molecule has 3 aromatic carbocycles. The lowest BCUT2D eigenvalue weighted by molar-refractivity contribution is -0.132. The predicted octanol–water partition coefficient (Wildman–Crippen LogP) is 11.4. The molecule has 0 amide bonds. The minimum atomic E-state index is -0.552. The second-order valence-corrected chi connectivity index (χ2v) is 15.2. The molecule has 8 bridgehead atoms. The van der Waals surface area contributed by atoms with Gasteiger partial charge in [-0.2, -0.15) is 0 Å². The molecule has 1 aliphatic rings. The van der Waals surface area contributed by atoms with Crippen LogP contribution in [-0.2, 0) is 14.4 Å². The first kappa shape index (κ1) is 40.4. The second kappa shape index (κ2) is 16.7. The maximum atomic E-state index is 12.1.